The lowest BCUT2D eigenvalue weighted by atomic mass is 9.82. The van der Waals surface area contributed by atoms with Crippen molar-refractivity contribution in [2.24, 2.45) is 0 Å². The summed E-state index contributed by atoms with van der Waals surface area (Å²) in [5.74, 6) is 0.573. The molecule has 0 aliphatic heterocycles. The predicted molar refractivity (Wildman–Crippen MR) is 235 cm³/mol. The molecule has 274 valence electrons. The first kappa shape index (κ1) is 33.5. The summed E-state index contributed by atoms with van der Waals surface area (Å²) < 4.78 is 6.99. The molecule has 2 heteroatoms. The second kappa shape index (κ2) is 12.3. The van der Waals surface area contributed by atoms with Crippen molar-refractivity contribution in [1.82, 2.24) is 0 Å². The number of rotatable bonds is 5. The Morgan fingerprint density at radius 3 is 1.61 bits per heavy atom. The van der Waals surface area contributed by atoms with Gasteiger partial charge in [-0.05, 0) is 111 Å². The zero-order valence-electron chi connectivity index (χ0n) is 32.8. The average Bonchev–Trinajstić information content (AvgIpc) is 3.81. The van der Waals surface area contributed by atoms with Crippen molar-refractivity contribution < 1.29 is 4.42 Å². The molecule has 0 radical (unpaired) electrons. The smallest absolute Gasteiger partial charge is 0.143 e. The lowest BCUT2D eigenvalue weighted by molar-refractivity contribution is 0.442. The molecule has 0 spiro atoms. The van der Waals surface area contributed by atoms with Crippen molar-refractivity contribution in [3.63, 3.8) is 0 Å². The fourth-order valence-electron chi connectivity index (χ4n) is 10.7. The number of nitrogens with zero attached hydrogens (tertiary/aromatic N) is 1. The summed E-state index contributed by atoms with van der Waals surface area (Å²) in [5, 5.41) is 2.42. The highest BCUT2D eigenvalue weighted by molar-refractivity contribution is 6.10. The van der Waals surface area contributed by atoms with E-state index in [2.05, 4.69) is 178 Å². The number of benzene rings is 7. The van der Waals surface area contributed by atoms with E-state index < -0.39 is 0 Å². The van der Waals surface area contributed by atoms with Gasteiger partial charge in [0.05, 0.1) is 0 Å². The lowest BCUT2D eigenvalue weighted by Gasteiger charge is -2.30. The first-order valence-electron chi connectivity index (χ1n) is 20.6. The van der Waals surface area contributed by atoms with Crippen LogP contribution in [0.15, 0.2) is 150 Å². The maximum Gasteiger partial charge on any atom is 0.143 e. The van der Waals surface area contributed by atoms with Gasteiger partial charge in [0.15, 0.2) is 0 Å². The van der Waals surface area contributed by atoms with E-state index in [1.54, 1.807) is 0 Å². The highest BCUT2D eigenvalue weighted by Gasteiger charge is 2.38. The quantitative estimate of drug-likeness (QED) is 0.176. The zero-order valence-corrected chi connectivity index (χ0v) is 32.8. The van der Waals surface area contributed by atoms with E-state index in [9.17, 15) is 0 Å². The Morgan fingerprint density at radius 2 is 0.964 bits per heavy atom. The van der Waals surface area contributed by atoms with E-state index in [4.69, 9.17) is 4.42 Å². The molecule has 1 saturated carbocycles. The van der Waals surface area contributed by atoms with Crippen LogP contribution in [0.25, 0.3) is 55.3 Å². The zero-order chi connectivity index (χ0) is 37.8. The summed E-state index contributed by atoms with van der Waals surface area (Å²) in [7, 11) is 0. The molecule has 8 aromatic rings. The Balaban J connectivity index is 1.09. The number of anilines is 3. The summed E-state index contributed by atoms with van der Waals surface area (Å²) in [5.41, 5.74) is 19.8. The summed E-state index contributed by atoms with van der Waals surface area (Å²) >= 11 is 0. The van der Waals surface area contributed by atoms with Crippen molar-refractivity contribution in [1.29, 1.82) is 0 Å². The molecule has 0 saturated heterocycles. The molecule has 0 atom stereocenters. The van der Waals surface area contributed by atoms with E-state index >= 15 is 0 Å². The summed E-state index contributed by atoms with van der Waals surface area (Å²) in [4.78, 5) is 2.47. The number of furan rings is 1. The standard InChI is InChI=1S/C54H47NO/c1-53(2)47-25-10-8-19-41(47)43-29-27-37(32-49(43)53)55(38-28-30-44-42-20-9-11-26-48(42)54(3,4)50(44)33-38)36-18-12-17-35(31-36)40-22-14-24-46-45-23-13-21-39(51(45)56-52(40)46)34-15-6-5-7-16-34/h8-14,17-34H,5-7,15-16H2,1-4H3. The molecule has 0 unspecified atom stereocenters. The van der Waals surface area contributed by atoms with Gasteiger partial charge in [0, 0.05) is 44.2 Å². The van der Waals surface area contributed by atoms with Crippen LogP contribution in [-0.4, -0.2) is 0 Å². The Morgan fingerprint density at radius 1 is 0.446 bits per heavy atom. The third kappa shape index (κ3) is 4.87. The summed E-state index contributed by atoms with van der Waals surface area (Å²) in [6.07, 6.45) is 6.45. The van der Waals surface area contributed by atoms with E-state index in [-0.39, 0.29) is 10.8 Å². The van der Waals surface area contributed by atoms with Crippen molar-refractivity contribution >= 4 is 39.0 Å². The number of para-hydroxylation sites is 2. The Hall–Kier alpha value is -5.86. The molecule has 3 aliphatic carbocycles. The van der Waals surface area contributed by atoms with Gasteiger partial charge < -0.3 is 9.32 Å². The lowest BCUT2D eigenvalue weighted by Crippen LogP contribution is -2.18. The third-order valence-electron chi connectivity index (χ3n) is 13.7. The van der Waals surface area contributed by atoms with Crippen molar-refractivity contribution in [3.05, 3.63) is 173 Å². The van der Waals surface area contributed by atoms with Crippen molar-refractivity contribution in [3.8, 4) is 33.4 Å². The minimum atomic E-state index is -0.107. The maximum absolute atomic E-state index is 6.99. The molecular formula is C54H47NO. The van der Waals surface area contributed by atoms with Crippen LogP contribution in [0.3, 0.4) is 0 Å². The van der Waals surface area contributed by atoms with E-state index in [0.717, 1.165) is 39.4 Å². The molecule has 1 heterocycles. The summed E-state index contributed by atoms with van der Waals surface area (Å²) in [6.45, 7) is 9.48. The third-order valence-corrected chi connectivity index (χ3v) is 13.7. The first-order valence-corrected chi connectivity index (χ1v) is 20.6. The largest absolute Gasteiger partial charge is 0.455 e. The monoisotopic (exact) mass is 725 g/mol. The van der Waals surface area contributed by atoms with Crippen molar-refractivity contribution in [2.45, 2.75) is 76.5 Å². The Bertz CT molecular complexity index is 2750. The molecule has 0 amide bonds. The minimum Gasteiger partial charge on any atom is -0.455 e. The molecule has 1 fully saturated rings. The fourth-order valence-corrected chi connectivity index (χ4v) is 10.7. The highest BCUT2D eigenvalue weighted by atomic mass is 16.3. The van der Waals surface area contributed by atoms with Gasteiger partial charge in [-0.1, -0.05) is 156 Å². The molecule has 3 aliphatic rings. The van der Waals surface area contributed by atoms with Crippen LogP contribution < -0.4 is 4.90 Å². The molecular weight excluding hydrogens is 679 g/mol. The topological polar surface area (TPSA) is 16.4 Å². The van der Waals surface area contributed by atoms with E-state index in [0.29, 0.717) is 5.92 Å². The van der Waals surface area contributed by atoms with Gasteiger partial charge in [0.25, 0.3) is 0 Å². The van der Waals surface area contributed by atoms with Crippen LogP contribution in [0.2, 0.25) is 0 Å². The SMILES string of the molecule is CC1(C)c2ccccc2-c2ccc(N(c3cccc(-c4cccc5c4oc4c(C6CCCCC6)cccc45)c3)c3ccc4c(c3)C(C)(C)c3ccccc3-4)cc21. The normalized spacial score (nSPS) is 16.4. The van der Waals surface area contributed by atoms with Crippen LogP contribution in [0, 0.1) is 0 Å². The van der Waals surface area contributed by atoms with Crippen LogP contribution in [0.5, 0.6) is 0 Å². The predicted octanol–water partition coefficient (Wildman–Crippen LogP) is 15.4. The van der Waals surface area contributed by atoms with E-state index in [1.165, 1.54) is 92.9 Å². The maximum atomic E-state index is 6.99. The molecule has 56 heavy (non-hydrogen) atoms. The Kier molecular flexibility index (Phi) is 7.37. The number of hydrogen-bond donors (Lipinski definition) is 0. The molecule has 1 aromatic heterocycles. The van der Waals surface area contributed by atoms with Crippen molar-refractivity contribution in [2.75, 3.05) is 4.90 Å². The Labute approximate surface area is 330 Å². The van der Waals surface area contributed by atoms with Gasteiger partial charge in [-0.25, -0.2) is 0 Å². The number of hydrogen-bond acceptors (Lipinski definition) is 2. The van der Waals surface area contributed by atoms with Crippen LogP contribution in [-0.2, 0) is 10.8 Å². The molecule has 2 nitrogen and oxygen atoms in total. The van der Waals surface area contributed by atoms with Crippen LogP contribution >= 0.6 is 0 Å². The average molecular weight is 726 g/mol. The summed E-state index contributed by atoms with van der Waals surface area (Å²) in [6, 6.07) is 54.6. The van der Waals surface area contributed by atoms with Gasteiger partial charge >= 0.3 is 0 Å². The molecule has 0 N–H and O–H groups in total. The fraction of sp³-hybridized carbons (Fsp3) is 0.222. The molecule has 0 bridgehead atoms. The van der Waals surface area contributed by atoms with Gasteiger partial charge in [-0.2, -0.15) is 0 Å². The van der Waals surface area contributed by atoms with Gasteiger partial charge in [0.1, 0.15) is 11.2 Å². The van der Waals surface area contributed by atoms with Gasteiger partial charge in [-0.15, -0.1) is 0 Å². The molecule has 7 aromatic carbocycles. The minimum absolute atomic E-state index is 0.107. The second-order valence-electron chi connectivity index (χ2n) is 17.5. The first-order chi connectivity index (χ1) is 27.3. The van der Waals surface area contributed by atoms with Crippen LogP contribution in [0.1, 0.15) is 93.5 Å². The second-order valence-corrected chi connectivity index (χ2v) is 17.5. The number of fused-ring (bicyclic) bond motifs is 9. The molecule has 11 rings (SSSR count). The van der Waals surface area contributed by atoms with Crippen LogP contribution in [0.4, 0.5) is 17.1 Å². The highest BCUT2D eigenvalue weighted by Crippen LogP contribution is 2.53. The van der Waals surface area contributed by atoms with Gasteiger partial charge in [-0.3, -0.25) is 0 Å². The van der Waals surface area contributed by atoms with E-state index in [1.807, 2.05) is 0 Å². The van der Waals surface area contributed by atoms with Gasteiger partial charge in [0.2, 0.25) is 0 Å².